The van der Waals surface area contributed by atoms with Crippen molar-refractivity contribution in [3.05, 3.63) is 16.1 Å². The van der Waals surface area contributed by atoms with Crippen LogP contribution in [0.15, 0.2) is 5.38 Å². The van der Waals surface area contributed by atoms with Gasteiger partial charge < -0.3 is 10.5 Å². The Morgan fingerprint density at radius 1 is 1.44 bits per heavy atom. The second-order valence-corrected chi connectivity index (χ2v) is 5.83. The van der Waals surface area contributed by atoms with E-state index in [1.54, 1.807) is 0 Å². The van der Waals surface area contributed by atoms with E-state index >= 15 is 0 Å². The predicted molar refractivity (Wildman–Crippen MR) is 64.9 cm³/mol. The molecule has 1 aromatic heterocycles. The minimum absolute atomic E-state index is 0.250. The number of ether oxygens (including phenoxy) is 1. The molecule has 0 spiro atoms. The maximum atomic E-state index is 5.83. The molecule has 0 atom stereocenters. The van der Waals surface area contributed by atoms with E-state index in [1.165, 1.54) is 23.5 Å². The molecule has 1 saturated heterocycles. The summed E-state index contributed by atoms with van der Waals surface area (Å²) in [6.07, 6.45) is 4.70. The largest absolute Gasteiger partial charge is 0.381 e. The molecule has 1 aliphatic heterocycles. The molecule has 2 heterocycles. The van der Waals surface area contributed by atoms with E-state index in [0.29, 0.717) is 5.92 Å². The zero-order chi connectivity index (χ0) is 11.0. The van der Waals surface area contributed by atoms with E-state index in [4.69, 9.17) is 15.5 Å². The van der Waals surface area contributed by atoms with Gasteiger partial charge in [0.1, 0.15) is 0 Å². The molecule has 1 saturated carbocycles. The van der Waals surface area contributed by atoms with Crippen molar-refractivity contribution in [1.29, 1.82) is 0 Å². The molecule has 1 aliphatic carbocycles. The maximum Gasteiger partial charge on any atom is 0.0961 e. The van der Waals surface area contributed by atoms with Crippen molar-refractivity contribution in [2.75, 3.05) is 19.8 Å². The van der Waals surface area contributed by atoms with Gasteiger partial charge in [0.2, 0.25) is 0 Å². The van der Waals surface area contributed by atoms with Crippen LogP contribution < -0.4 is 5.73 Å². The lowest BCUT2D eigenvalue weighted by atomic mass is 10.0. The highest BCUT2D eigenvalue weighted by atomic mass is 32.1. The SMILES string of the molecule is NCC1(c2csc(C3CCOCC3)n2)CC1. The van der Waals surface area contributed by atoms with Crippen LogP contribution in [0.2, 0.25) is 0 Å². The third-order valence-electron chi connectivity index (χ3n) is 3.88. The van der Waals surface area contributed by atoms with Gasteiger partial charge in [-0.05, 0) is 25.7 Å². The summed E-state index contributed by atoms with van der Waals surface area (Å²) in [5.74, 6) is 0.626. The van der Waals surface area contributed by atoms with Crippen LogP contribution in [0.4, 0.5) is 0 Å². The van der Waals surface area contributed by atoms with E-state index < -0.39 is 0 Å². The summed E-state index contributed by atoms with van der Waals surface area (Å²) in [4.78, 5) is 4.82. The Morgan fingerprint density at radius 3 is 2.81 bits per heavy atom. The second kappa shape index (κ2) is 4.09. The van der Waals surface area contributed by atoms with Crippen LogP contribution >= 0.6 is 11.3 Å². The molecule has 1 aromatic rings. The van der Waals surface area contributed by atoms with Gasteiger partial charge in [-0.1, -0.05) is 0 Å². The van der Waals surface area contributed by atoms with Gasteiger partial charge in [0, 0.05) is 36.5 Å². The van der Waals surface area contributed by atoms with Crippen molar-refractivity contribution >= 4 is 11.3 Å². The van der Waals surface area contributed by atoms with E-state index in [-0.39, 0.29) is 5.41 Å². The summed E-state index contributed by atoms with van der Waals surface area (Å²) >= 11 is 1.82. The first-order chi connectivity index (χ1) is 7.84. The van der Waals surface area contributed by atoms with Gasteiger partial charge in [-0.15, -0.1) is 11.3 Å². The summed E-state index contributed by atoms with van der Waals surface area (Å²) in [6.45, 7) is 2.53. The molecule has 3 nitrogen and oxygen atoms in total. The number of aromatic nitrogens is 1. The molecule has 3 rings (SSSR count). The van der Waals surface area contributed by atoms with Crippen molar-refractivity contribution in [2.45, 2.75) is 37.0 Å². The number of hydrogen-bond acceptors (Lipinski definition) is 4. The number of nitrogens with two attached hydrogens (primary N) is 1. The summed E-state index contributed by atoms with van der Waals surface area (Å²) in [6, 6.07) is 0. The van der Waals surface area contributed by atoms with Gasteiger partial charge in [0.05, 0.1) is 10.7 Å². The van der Waals surface area contributed by atoms with Crippen molar-refractivity contribution in [1.82, 2.24) is 4.98 Å². The smallest absolute Gasteiger partial charge is 0.0961 e. The Bertz CT molecular complexity index is 367. The van der Waals surface area contributed by atoms with Crippen LogP contribution in [0.1, 0.15) is 42.3 Å². The van der Waals surface area contributed by atoms with Crippen LogP contribution in [0.3, 0.4) is 0 Å². The van der Waals surface area contributed by atoms with Crippen molar-refractivity contribution < 1.29 is 4.74 Å². The lowest BCUT2D eigenvalue weighted by Crippen LogP contribution is -2.20. The number of rotatable bonds is 3. The van der Waals surface area contributed by atoms with Crippen LogP contribution in [0, 0.1) is 0 Å². The molecular formula is C12H18N2OS. The van der Waals surface area contributed by atoms with Crippen LogP contribution in [-0.4, -0.2) is 24.7 Å². The van der Waals surface area contributed by atoms with E-state index in [2.05, 4.69) is 5.38 Å². The average molecular weight is 238 g/mol. The molecule has 0 bridgehead atoms. The molecule has 2 aliphatic rings. The summed E-state index contributed by atoms with van der Waals surface area (Å²) in [5, 5.41) is 3.53. The monoisotopic (exact) mass is 238 g/mol. The van der Waals surface area contributed by atoms with E-state index in [0.717, 1.165) is 32.6 Å². The highest BCUT2D eigenvalue weighted by molar-refractivity contribution is 7.09. The Labute approximate surface area is 100 Å². The van der Waals surface area contributed by atoms with Crippen LogP contribution in [0.25, 0.3) is 0 Å². The fraction of sp³-hybridized carbons (Fsp3) is 0.750. The second-order valence-electron chi connectivity index (χ2n) is 4.94. The minimum atomic E-state index is 0.250. The van der Waals surface area contributed by atoms with Gasteiger partial charge in [-0.25, -0.2) is 4.98 Å². The lowest BCUT2D eigenvalue weighted by Gasteiger charge is -2.19. The molecule has 16 heavy (non-hydrogen) atoms. The number of nitrogens with zero attached hydrogens (tertiary/aromatic N) is 1. The first-order valence-electron chi connectivity index (χ1n) is 6.08. The molecule has 0 amide bonds. The highest BCUT2D eigenvalue weighted by Crippen LogP contribution is 2.47. The highest BCUT2D eigenvalue weighted by Gasteiger charge is 2.45. The minimum Gasteiger partial charge on any atom is -0.381 e. The van der Waals surface area contributed by atoms with Crippen LogP contribution in [0.5, 0.6) is 0 Å². The third-order valence-corrected chi connectivity index (χ3v) is 4.89. The third kappa shape index (κ3) is 1.79. The number of hydrogen-bond donors (Lipinski definition) is 1. The summed E-state index contributed by atoms with van der Waals surface area (Å²) < 4.78 is 5.39. The maximum absolute atomic E-state index is 5.83. The fourth-order valence-electron chi connectivity index (χ4n) is 2.38. The number of thiazole rings is 1. The van der Waals surface area contributed by atoms with Gasteiger partial charge in [0.15, 0.2) is 0 Å². The predicted octanol–water partition coefficient (Wildman–Crippen LogP) is 2.03. The molecule has 0 aromatic carbocycles. The molecule has 4 heteroatoms. The zero-order valence-corrected chi connectivity index (χ0v) is 10.3. The van der Waals surface area contributed by atoms with Gasteiger partial charge >= 0.3 is 0 Å². The van der Waals surface area contributed by atoms with Crippen molar-refractivity contribution in [2.24, 2.45) is 5.73 Å². The average Bonchev–Trinajstić information content (AvgIpc) is 3.00. The summed E-state index contributed by atoms with van der Waals surface area (Å²) in [5.41, 5.74) is 7.33. The Hall–Kier alpha value is -0.450. The lowest BCUT2D eigenvalue weighted by molar-refractivity contribution is 0.0852. The Balaban J connectivity index is 1.77. The molecular weight excluding hydrogens is 220 g/mol. The van der Waals surface area contributed by atoms with Crippen molar-refractivity contribution in [3.63, 3.8) is 0 Å². The van der Waals surface area contributed by atoms with E-state index in [9.17, 15) is 0 Å². The first-order valence-corrected chi connectivity index (χ1v) is 6.96. The quantitative estimate of drug-likeness (QED) is 0.876. The van der Waals surface area contributed by atoms with Gasteiger partial charge in [0.25, 0.3) is 0 Å². The first kappa shape index (κ1) is 10.7. The molecule has 2 fully saturated rings. The Morgan fingerprint density at radius 2 is 2.19 bits per heavy atom. The van der Waals surface area contributed by atoms with Crippen molar-refractivity contribution in [3.8, 4) is 0 Å². The fourth-order valence-corrected chi connectivity index (χ4v) is 3.49. The van der Waals surface area contributed by atoms with Gasteiger partial charge in [-0.2, -0.15) is 0 Å². The topological polar surface area (TPSA) is 48.1 Å². The van der Waals surface area contributed by atoms with Crippen LogP contribution in [-0.2, 0) is 10.2 Å². The normalized spacial score (nSPS) is 24.6. The standard InChI is InChI=1S/C12H18N2OS/c13-8-12(3-4-12)10-7-16-11(14-10)9-1-5-15-6-2-9/h7,9H,1-6,8,13H2. The van der Waals surface area contributed by atoms with E-state index in [1.807, 2.05) is 11.3 Å². The molecule has 0 unspecified atom stereocenters. The van der Waals surface area contributed by atoms with Gasteiger partial charge in [-0.3, -0.25) is 0 Å². The molecule has 2 N–H and O–H groups in total. The molecule has 88 valence electrons. The Kier molecular flexibility index (Phi) is 2.73. The zero-order valence-electron chi connectivity index (χ0n) is 9.45. The summed E-state index contributed by atoms with van der Waals surface area (Å²) in [7, 11) is 0. The molecule has 0 radical (unpaired) electrons.